The minimum Gasteiger partial charge on any atom is -0.490 e. The van der Waals surface area contributed by atoms with Crippen molar-refractivity contribution in [3.63, 3.8) is 0 Å². The highest BCUT2D eigenvalue weighted by Crippen LogP contribution is 2.30. The SMILES string of the molecule is NC(=O)Cn1ccc2c(OC3CCN(C(=O)c4cnn5c4OCCC5)CC3)cccc21. The van der Waals surface area contributed by atoms with Gasteiger partial charge in [0.15, 0.2) is 0 Å². The van der Waals surface area contributed by atoms with Crippen LogP contribution >= 0.6 is 0 Å². The molecule has 162 valence electrons. The van der Waals surface area contributed by atoms with Crippen LogP contribution < -0.4 is 15.2 Å². The van der Waals surface area contributed by atoms with Crippen molar-refractivity contribution in [3.8, 4) is 11.6 Å². The lowest BCUT2D eigenvalue weighted by Gasteiger charge is -2.32. The fraction of sp³-hybridized carbons (Fsp3) is 0.409. The van der Waals surface area contributed by atoms with Gasteiger partial charge in [-0.15, -0.1) is 0 Å². The molecule has 1 saturated heterocycles. The zero-order chi connectivity index (χ0) is 21.4. The smallest absolute Gasteiger partial charge is 0.260 e. The van der Waals surface area contributed by atoms with Crippen molar-refractivity contribution in [2.75, 3.05) is 19.7 Å². The molecule has 0 unspecified atom stereocenters. The maximum atomic E-state index is 13.0. The van der Waals surface area contributed by atoms with Gasteiger partial charge in [0, 0.05) is 50.5 Å². The molecule has 0 bridgehead atoms. The molecule has 1 aromatic carbocycles. The number of hydrogen-bond acceptors (Lipinski definition) is 5. The van der Waals surface area contributed by atoms with E-state index in [4.69, 9.17) is 15.2 Å². The average molecular weight is 423 g/mol. The third-order valence-corrected chi connectivity index (χ3v) is 5.90. The third-order valence-electron chi connectivity index (χ3n) is 5.90. The van der Waals surface area contributed by atoms with Gasteiger partial charge in [0.2, 0.25) is 11.8 Å². The summed E-state index contributed by atoms with van der Waals surface area (Å²) >= 11 is 0. The van der Waals surface area contributed by atoms with E-state index in [2.05, 4.69) is 5.10 Å². The molecule has 2 N–H and O–H groups in total. The van der Waals surface area contributed by atoms with E-state index in [1.807, 2.05) is 39.9 Å². The largest absolute Gasteiger partial charge is 0.490 e. The first-order valence-electron chi connectivity index (χ1n) is 10.6. The number of aryl methyl sites for hydroxylation is 1. The van der Waals surface area contributed by atoms with Gasteiger partial charge in [-0.2, -0.15) is 5.10 Å². The molecule has 0 radical (unpaired) electrons. The molecule has 1 fully saturated rings. The number of likely N-dealkylation sites (tertiary alicyclic amines) is 1. The van der Waals surface area contributed by atoms with E-state index in [1.165, 1.54) is 0 Å². The average Bonchev–Trinajstić information content (AvgIpc) is 3.39. The summed E-state index contributed by atoms with van der Waals surface area (Å²) in [5, 5.41) is 5.23. The molecule has 2 aliphatic heterocycles. The predicted molar refractivity (Wildman–Crippen MR) is 113 cm³/mol. The van der Waals surface area contributed by atoms with E-state index >= 15 is 0 Å². The summed E-state index contributed by atoms with van der Waals surface area (Å²) < 4.78 is 15.5. The highest BCUT2D eigenvalue weighted by Gasteiger charge is 2.29. The lowest BCUT2D eigenvalue weighted by Crippen LogP contribution is -2.41. The normalized spacial score (nSPS) is 16.7. The van der Waals surface area contributed by atoms with Gasteiger partial charge in [0.25, 0.3) is 5.91 Å². The maximum Gasteiger partial charge on any atom is 0.260 e. The third kappa shape index (κ3) is 3.71. The van der Waals surface area contributed by atoms with Crippen molar-refractivity contribution in [2.24, 2.45) is 5.73 Å². The zero-order valence-electron chi connectivity index (χ0n) is 17.2. The minimum absolute atomic E-state index is 0.0199. The van der Waals surface area contributed by atoms with E-state index in [-0.39, 0.29) is 24.5 Å². The standard InChI is InChI=1S/C22H25N5O4/c23-20(28)14-26-11-7-16-18(26)3-1-4-19(16)31-15-5-9-25(10-6-15)21(29)17-13-24-27-8-2-12-30-22(17)27/h1,3-4,7,11,13,15H,2,5-6,8-10,12,14H2,(H2,23,28). The van der Waals surface area contributed by atoms with Gasteiger partial charge in [0.1, 0.15) is 24.0 Å². The molecule has 2 aliphatic rings. The number of carbonyl (C=O) groups is 2. The molecule has 0 spiro atoms. The van der Waals surface area contributed by atoms with Crippen LogP contribution in [0.1, 0.15) is 29.6 Å². The number of ether oxygens (including phenoxy) is 2. The van der Waals surface area contributed by atoms with Crippen LogP contribution in [0, 0.1) is 0 Å². The summed E-state index contributed by atoms with van der Waals surface area (Å²) in [5.41, 5.74) is 6.79. The van der Waals surface area contributed by atoms with Crippen molar-refractivity contribution in [1.29, 1.82) is 0 Å². The van der Waals surface area contributed by atoms with Gasteiger partial charge in [-0.1, -0.05) is 6.07 Å². The van der Waals surface area contributed by atoms with Crippen LogP contribution in [0.4, 0.5) is 0 Å². The molecule has 3 aromatic rings. The summed E-state index contributed by atoms with van der Waals surface area (Å²) in [5.74, 6) is 0.949. The summed E-state index contributed by atoms with van der Waals surface area (Å²) in [7, 11) is 0. The van der Waals surface area contributed by atoms with Gasteiger partial charge < -0.3 is 24.7 Å². The number of rotatable bonds is 5. The van der Waals surface area contributed by atoms with E-state index in [1.54, 1.807) is 10.9 Å². The molecule has 31 heavy (non-hydrogen) atoms. The van der Waals surface area contributed by atoms with Crippen LogP contribution in [-0.4, -0.2) is 56.9 Å². The van der Waals surface area contributed by atoms with Crippen LogP contribution in [0.25, 0.3) is 10.9 Å². The Balaban J connectivity index is 1.24. The van der Waals surface area contributed by atoms with E-state index in [9.17, 15) is 9.59 Å². The van der Waals surface area contributed by atoms with Crippen molar-refractivity contribution in [2.45, 2.75) is 38.5 Å². The van der Waals surface area contributed by atoms with Crippen LogP contribution in [0.2, 0.25) is 0 Å². The van der Waals surface area contributed by atoms with E-state index < -0.39 is 0 Å². The van der Waals surface area contributed by atoms with Crippen molar-refractivity contribution < 1.29 is 19.1 Å². The molecule has 0 aliphatic carbocycles. The van der Waals surface area contributed by atoms with Gasteiger partial charge in [-0.05, 0) is 18.2 Å². The Labute approximate surface area is 179 Å². The number of nitrogens with two attached hydrogens (primary N) is 1. The fourth-order valence-electron chi connectivity index (χ4n) is 4.35. The van der Waals surface area contributed by atoms with Crippen molar-refractivity contribution in [1.82, 2.24) is 19.2 Å². The molecule has 2 amide bonds. The summed E-state index contributed by atoms with van der Waals surface area (Å²) in [6.45, 7) is 2.77. The van der Waals surface area contributed by atoms with Crippen LogP contribution in [0.15, 0.2) is 36.7 Å². The first-order valence-corrected chi connectivity index (χ1v) is 10.6. The molecule has 9 heteroatoms. The molecule has 4 heterocycles. The number of fused-ring (bicyclic) bond motifs is 2. The summed E-state index contributed by atoms with van der Waals surface area (Å²) in [4.78, 5) is 26.1. The molecule has 5 rings (SSSR count). The van der Waals surface area contributed by atoms with E-state index in [0.717, 1.165) is 42.5 Å². The minimum atomic E-state index is -0.383. The molecular weight excluding hydrogens is 398 g/mol. The molecule has 0 saturated carbocycles. The highest BCUT2D eigenvalue weighted by molar-refractivity contribution is 5.96. The Morgan fingerprint density at radius 1 is 1.19 bits per heavy atom. The van der Waals surface area contributed by atoms with E-state index in [0.29, 0.717) is 31.1 Å². The van der Waals surface area contributed by atoms with Gasteiger partial charge >= 0.3 is 0 Å². The predicted octanol–water partition coefficient (Wildman–Crippen LogP) is 1.79. The Morgan fingerprint density at radius 2 is 2.03 bits per heavy atom. The van der Waals surface area contributed by atoms with Crippen LogP contribution in [0.5, 0.6) is 11.6 Å². The number of nitrogens with zero attached hydrogens (tertiary/aromatic N) is 4. The van der Waals surface area contributed by atoms with Crippen LogP contribution in [-0.2, 0) is 17.9 Å². The topological polar surface area (TPSA) is 105 Å². The Bertz CT molecular complexity index is 1130. The monoisotopic (exact) mass is 423 g/mol. The van der Waals surface area contributed by atoms with Gasteiger partial charge in [0.05, 0.1) is 18.3 Å². The maximum absolute atomic E-state index is 13.0. The second-order valence-electron chi connectivity index (χ2n) is 8.00. The quantitative estimate of drug-likeness (QED) is 0.674. The second kappa shape index (κ2) is 7.98. The number of amides is 2. The second-order valence-corrected chi connectivity index (χ2v) is 8.00. The first-order chi connectivity index (χ1) is 15.1. The molecular formula is C22H25N5O4. The van der Waals surface area contributed by atoms with Gasteiger partial charge in [-0.3, -0.25) is 9.59 Å². The molecule has 2 aromatic heterocycles. The highest BCUT2D eigenvalue weighted by atomic mass is 16.5. The first kappa shape index (κ1) is 19.5. The van der Waals surface area contributed by atoms with Gasteiger partial charge in [-0.25, -0.2) is 4.68 Å². The number of aromatic nitrogens is 3. The summed E-state index contributed by atoms with van der Waals surface area (Å²) in [6, 6.07) is 7.73. The number of benzene rings is 1. The number of carbonyl (C=O) groups excluding carboxylic acids is 2. The Morgan fingerprint density at radius 3 is 2.84 bits per heavy atom. The number of primary amides is 1. The van der Waals surface area contributed by atoms with Crippen molar-refractivity contribution in [3.05, 3.63) is 42.2 Å². The van der Waals surface area contributed by atoms with Crippen LogP contribution in [0.3, 0.4) is 0 Å². The Kier molecular flexibility index (Phi) is 5.01. The number of piperidine rings is 1. The van der Waals surface area contributed by atoms with Crippen molar-refractivity contribution >= 4 is 22.7 Å². The molecule has 9 nitrogen and oxygen atoms in total. The lowest BCUT2D eigenvalue weighted by molar-refractivity contribution is -0.118. The lowest BCUT2D eigenvalue weighted by atomic mass is 10.1. The summed E-state index contributed by atoms with van der Waals surface area (Å²) in [6.07, 6.45) is 5.87. The molecule has 0 atom stereocenters. The number of hydrogen-bond donors (Lipinski definition) is 1. The zero-order valence-corrected chi connectivity index (χ0v) is 17.2. The Hall–Kier alpha value is -3.49. The fourth-order valence-corrected chi connectivity index (χ4v) is 4.35.